The highest BCUT2D eigenvalue weighted by Crippen LogP contribution is 2.31. The van der Waals surface area contributed by atoms with Gasteiger partial charge in [0, 0.05) is 6.07 Å². The molecule has 0 spiro atoms. The van der Waals surface area contributed by atoms with Gasteiger partial charge < -0.3 is 15.2 Å². The first-order valence-electron chi connectivity index (χ1n) is 8.87. The van der Waals surface area contributed by atoms with Crippen molar-refractivity contribution in [2.75, 3.05) is 14.2 Å². The number of para-hydroxylation sites is 1. The smallest absolute Gasteiger partial charge is 0.318 e. The van der Waals surface area contributed by atoms with Crippen molar-refractivity contribution in [3.8, 4) is 17.2 Å². The van der Waals surface area contributed by atoms with Crippen molar-refractivity contribution >= 4 is 34.6 Å². The predicted molar refractivity (Wildman–Crippen MR) is 113 cm³/mol. The molecule has 1 aromatic heterocycles. The number of carbonyl (C=O) groups excluding carboxylic acids is 2. The average molecular weight is 428 g/mol. The lowest BCUT2D eigenvalue weighted by Crippen LogP contribution is -2.39. The second-order valence-corrected chi connectivity index (χ2v) is 7.51. The zero-order chi connectivity index (χ0) is 21.8. The Morgan fingerprint density at radius 3 is 2.50 bits per heavy atom. The minimum atomic E-state index is -0.948. The number of hydrogen-bond acceptors (Lipinski definition) is 7. The summed E-state index contributed by atoms with van der Waals surface area (Å²) in [7, 11) is 3.01. The van der Waals surface area contributed by atoms with Crippen LogP contribution in [0, 0.1) is 0 Å². The molecule has 0 radical (unpaired) electrons. The Labute approximate surface area is 176 Å². The summed E-state index contributed by atoms with van der Waals surface area (Å²) in [5.41, 5.74) is 5.70. The first-order valence-corrected chi connectivity index (χ1v) is 9.74. The molecule has 30 heavy (non-hydrogen) atoms. The van der Waals surface area contributed by atoms with E-state index in [2.05, 4.69) is 4.98 Å². The van der Waals surface area contributed by atoms with E-state index in [1.807, 2.05) is 5.32 Å². The van der Waals surface area contributed by atoms with Crippen LogP contribution in [0.3, 0.4) is 0 Å². The second kappa shape index (κ2) is 8.87. The number of nitrogens with one attached hydrogen (secondary N) is 1. The molecular formula is C20H20N4O5S. The van der Waals surface area contributed by atoms with Gasteiger partial charge in [-0.25, -0.2) is 9.78 Å². The fraction of sp³-hybridized carbons (Fsp3) is 0.200. The molecular weight excluding hydrogens is 408 g/mol. The molecule has 0 aliphatic carbocycles. The van der Waals surface area contributed by atoms with Gasteiger partial charge in [0.15, 0.2) is 16.7 Å². The number of methoxy groups -OCH3 is 2. The summed E-state index contributed by atoms with van der Waals surface area (Å²) in [5.74, 6) is 0.353. The molecule has 0 aliphatic heterocycles. The first kappa shape index (κ1) is 21.2. The quantitative estimate of drug-likeness (QED) is 0.455. The van der Waals surface area contributed by atoms with Gasteiger partial charge in [0.05, 0.1) is 36.1 Å². The van der Waals surface area contributed by atoms with E-state index in [0.29, 0.717) is 28.1 Å². The van der Waals surface area contributed by atoms with Crippen LogP contribution < -0.4 is 26.1 Å². The van der Waals surface area contributed by atoms with Crippen molar-refractivity contribution in [3.05, 3.63) is 52.8 Å². The standard InChI is InChI=1S/C20H20N4O5S/c1-11(17(25)23-19(21)27)30-20-22-14-7-5-4-6-13(14)18(26)24(20)12-8-9-15(28-2)16(10-12)29-3/h4-11H,1-3H3,(H3,21,23,25,27). The number of imide groups is 1. The molecule has 0 aliphatic rings. The molecule has 1 unspecified atom stereocenters. The summed E-state index contributed by atoms with van der Waals surface area (Å²) in [6, 6.07) is 11.0. The summed E-state index contributed by atoms with van der Waals surface area (Å²) in [4.78, 5) is 41.0. The number of amides is 3. The maximum absolute atomic E-state index is 13.3. The SMILES string of the molecule is COc1ccc(-n2c(SC(C)C(=O)NC(N)=O)nc3ccccc3c2=O)cc1OC. The fourth-order valence-corrected chi connectivity index (χ4v) is 3.74. The average Bonchev–Trinajstić information content (AvgIpc) is 2.73. The van der Waals surface area contributed by atoms with Crippen molar-refractivity contribution in [2.24, 2.45) is 5.73 Å². The van der Waals surface area contributed by atoms with Gasteiger partial charge in [-0.3, -0.25) is 19.5 Å². The van der Waals surface area contributed by atoms with Crippen LogP contribution in [-0.2, 0) is 4.79 Å². The number of thioether (sulfide) groups is 1. The van der Waals surface area contributed by atoms with Crippen molar-refractivity contribution in [2.45, 2.75) is 17.3 Å². The second-order valence-electron chi connectivity index (χ2n) is 6.20. The zero-order valence-corrected chi connectivity index (χ0v) is 17.4. The molecule has 0 saturated heterocycles. The lowest BCUT2D eigenvalue weighted by Gasteiger charge is -2.17. The van der Waals surface area contributed by atoms with Crippen LogP contribution in [0.4, 0.5) is 4.79 Å². The number of aromatic nitrogens is 2. The molecule has 10 heteroatoms. The Hall–Kier alpha value is -3.53. The monoisotopic (exact) mass is 428 g/mol. The number of primary amides is 1. The maximum atomic E-state index is 13.3. The molecule has 3 rings (SSSR count). The van der Waals surface area contributed by atoms with E-state index < -0.39 is 17.2 Å². The van der Waals surface area contributed by atoms with E-state index >= 15 is 0 Å². The third kappa shape index (κ3) is 4.23. The number of benzene rings is 2. The van der Waals surface area contributed by atoms with Crippen LogP contribution in [0.25, 0.3) is 16.6 Å². The number of ether oxygens (including phenoxy) is 2. The van der Waals surface area contributed by atoms with Crippen molar-refractivity contribution in [1.82, 2.24) is 14.9 Å². The molecule has 0 bridgehead atoms. The molecule has 0 fully saturated rings. The predicted octanol–water partition coefficient (Wildman–Crippen LogP) is 2.08. The van der Waals surface area contributed by atoms with Crippen LogP contribution in [0.1, 0.15) is 6.92 Å². The normalized spacial score (nSPS) is 11.7. The Kier molecular flexibility index (Phi) is 6.26. The van der Waals surface area contributed by atoms with E-state index in [1.54, 1.807) is 49.4 Å². The highest BCUT2D eigenvalue weighted by molar-refractivity contribution is 8.00. The molecule has 9 nitrogen and oxygen atoms in total. The number of carbonyl (C=O) groups is 2. The lowest BCUT2D eigenvalue weighted by atomic mass is 10.2. The third-order valence-electron chi connectivity index (χ3n) is 4.27. The highest BCUT2D eigenvalue weighted by atomic mass is 32.2. The zero-order valence-electron chi connectivity index (χ0n) is 16.5. The van der Waals surface area contributed by atoms with Crippen molar-refractivity contribution < 1.29 is 19.1 Å². The molecule has 1 atom stereocenters. The van der Waals surface area contributed by atoms with Gasteiger partial charge in [0.2, 0.25) is 5.91 Å². The van der Waals surface area contributed by atoms with E-state index in [1.165, 1.54) is 18.8 Å². The largest absolute Gasteiger partial charge is 0.493 e. The number of urea groups is 1. The summed E-state index contributed by atoms with van der Waals surface area (Å²) in [6.07, 6.45) is 0. The molecule has 0 saturated carbocycles. The lowest BCUT2D eigenvalue weighted by molar-refractivity contribution is -0.119. The number of nitrogens with zero attached hydrogens (tertiary/aromatic N) is 2. The van der Waals surface area contributed by atoms with Crippen LogP contribution in [0.2, 0.25) is 0 Å². The Morgan fingerprint density at radius 2 is 1.83 bits per heavy atom. The summed E-state index contributed by atoms with van der Waals surface area (Å²) in [6.45, 7) is 1.59. The molecule has 3 N–H and O–H groups in total. The molecule has 3 amide bonds. The van der Waals surface area contributed by atoms with Gasteiger partial charge in [-0.05, 0) is 31.2 Å². The van der Waals surface area contributed by atoms with Crippen molar-refractivity contribution in [3.63, 3.8) is 0 Å². The number of nitrogens with two attached hydrogens (primary N) is 1. The maximum Gasteiger partial charge on any atom is 0.318 e. The summed E-state index contributed by atoms with van der Waals surface area (Å²) < 4.78 is 12.0. The van der Waals surface area contributed by atoms with Gasteiger partial charge in [-0.2, -0.15) is 0 Å². The van der Waals surface area contributed by atoms with Crippen LogP contribution in [-0.4, -0.2) is 41.0 Å². The molecule has 3 aromatic rings. The van der Waals surface area contributed by atoms with Gasteiger partial charge in [-0.15, -0.1) is 0 Å². The van der Waals surface area contributed by atoms with E-state index in [9.17, 15) is 14.4 Å². The molecule has 1 heterocycles. The van der Waals surface area contributed by atoms with E-state index in [-0.39, 0.29) is 10.7 Å². The Bertz CT molecular complexity index is 1180. The highest BCUT2D eigenvalue weighted by Gasteiger charge is 2.21. The Balaban J connectivity index is 2.18. The van der Waals surface area contributed by atoms with E-state index in [4.69, 9.17) is 15.2 Å². The molecule has 2 aromatic carbocycles. The first-order chi connectivity index (χ1) is 14.3. The summed E-state index contributed by atoms with van der Waals surface area (Å²) in [5, 5.41) is 1.99. The van der Waals surface area contributed by atoms with E-state index in [0.717, 1.165) is 11.8 Å². The van der Waals surface area contributed by atoms with Crippen molar-refractivity contribution in [1.29, 1.82) is 0 Å². The van der Waals surface area contributed by atoms with Gasteiger partial charge in [0.1, 0.15) is 0 Å². The third-order valence-corrected chi connectivity index (χ3v) is 5.32. The Morgan fingerprint density at radius 1 is 1.13 bits per heavy atom. The molecule has 156 valence electrons. The van der Waals surface area contributed by atoms with Gasteiger partial charge >= 0.3 is 6.03 Å². The minimum Gasteiger partial charge on any atom is -0.493 e. The van der Waals surface area contributed by atoms with Gasteiger partial charge in [-0.1, -0.05) is 23.9 Å². The number of rotatable bonds is 6. The van der Waals surface area contributed by atoms with Crippen LogP contribution in [0.15, 0.2) is 52.4 Å². The fourth-order valence-electron chi connectivity index (χ4n) is 2.82. The number of fused-ring (bicyclic) bond motifs is 1. The van der Waals surface area contributed by atoms with Gasteiger partial charge in [0.25, 0.3) is 5.56 Å². The summed E-state index contributed by atoms with van der Waals surface area (Å²) >= 11 is 1.03. The number of hydrogen-bond donors (Lipinski definition) is 2. The minimum absolute atomic E-state index is 0.276. The van der Waals surface area contributed by atoms with Crippen LogP contribution in [0.5, 0.6) is 11.5 Å². The van der Waals surface area contributed by atoms with Crippen LogP contribution >= 0.6 is 11.8 Å². The topological polar surface area (TPSA) is 126 Å².